The second-order valence-corrected chi connectivity index (χ2v) is 8.18. The number of para-hydroxylation sites is 1. The number of nitrogens with zero attached hydrogens (tertiary/aromatic N) is 2. The third-order valence-electron chi connectivity index (χ3n) is 4.38. The summed E-state index contributed by atoms with van der Waals surface area (Å²) in [7, 11) is -3.63. The van der Waals surface area contributed by atoms with Crippen molar-refractivity contribution in [2.24, 2.45) is 0 Å². The molecule has 0 saturated heterocycles. The fourth-order valence-electron chi connectivity index (χ4n) is 2.87. The van der Waals surface area contributed by atoms with Gasteiger partial charge in [0.1, 0.15) is 0 Å². The minimum atomic E-state index is -3.63. The van der Waals surface area contributed by atoms with Crippen LogP contribution in [0.4, 0.5) is 5.69 Å². The molecule has 0 unspecified atom stereocenters. The molecule has 3 rings (SSSR count). The highest BCUT2D eigenvalue weighted by molar-refractivity contribution is 7.89. The van der Waals surface area contributed by atoms with E-state index in [1.165, 1.54) is 30.3 Å². The van der Waals surface area contributed by atoms with Crippen LogP contribution < -0.4 is 10.0 Å². The first-order chi connectivity index (χ1) is 13.8. The monoisotopic (exact) mass is 410 g/mol. The highest BCUT2D eigenvalue weighted by Crippen LogP contribution is 2.23. The number of carbonyl (C=O) groups is 1. The summed E-state index contributed by atoms with van der Waals surface area (Å²) in [6.07, 6.45) is 1.46. The van der Waals surface area contributed by atoms with Crippen molar-refractivity contribution < 1.29 is 13.2 Å². The molecule has 1 heterocycles. The van der Waals surface area contributed by atoms with Crippen LogP contribution in [0, 0.1) is 13.8 Å². The van der Waals surface area contributed by atoms with Gasteiger partial charge in [-0.2, -0.15) is 5.10 Å². The van der Waals surface area contributed by atoms with Crippen LogP contribution >= 0.6 is 0 Å². The summed E-state index contributed by atoms with van der Waals surface area (Å²) >= 11 is 0. The van der Waals surface area contributed by atoms with Crippen molar-refractivity contribution in [2.45, 2.75) is 18.7 Å². The molecule has 0 bridgehead atoms. The second kappa shape index (κ2) is 8.42. The summed E-state index contributed by atoms with van der Waals surface area (Å²) in [5, 5.41) is 7.39. The Hall–Kier alpha value is -3.23. The lowest BCUT2D eigenvalue weighted by molar-refractivity contribution is 0.102. The normalized spacial score (nSPS) is 11.2. The molecule has 0 aliphatic heterocycles. The van der Waals surface area contributed by atoms with Crippen molar-refractivity contribution in [1.29, 1.82) is 0 Å². The number of hydrogen-bond donors (Lipinski definition) is 2. The van der Waals surface area contributed by atoms with E-state index in [0.29, 0.717) is 16.9 Å². The van der Waals surface area contributed by atoms with Crippen molar-refractivity contribution in [1.82, 2.24) is 14.5 Å². The van der Waals surface area contributed by atoms with Gasteiger partial charge in [-0.15, -0.1) is 6.58 Å². The Morgan fingerprint density at radius 3 is 2.38 bits per heavy atom. The van der Waals surface area contributed by atoms with Gasteiger partial charge in [-0.05, 0) is 50.2 Å². The Morgan fingerprint density at radius 2 is 1.76 bits per heavy atom. The van der Waals surface area contributed by atoms with Gasteiger partial charge in [-0.3, -0.25) is 4.79 Å². The molecule has 0 fully saturated rings. The lowest BCUT2D eigenvalue weighted by atomic mass is 10.2. The minimum Gasteiger partial charge on any atom is -0.319 e. The predicted molar refractivity (Wildman–Crippen MR) is 113 cm³/mol. The van der Waals surface area contributed by atoms with Gasteiger partial charge >= 0.3 is 0 Å². The zero-order valence-corrected chi connectivity index (χ0v) is 17.0. The molecule has 3 aromatic rings. The molecule has 0 atom stereocenters. The van der Waals surface area contributed by atoms with Crippen LogP contribution in [0.5, 0.6) is 0 Å². The maximum Gasteiger partial charge on any atom is 0.255 e. The number of amides is 1. The molecular weight excluding hydrogens is 388 g/mol. The third-order valence-corrected chi connectivity index (χ3v) is 5.81. The van der Waals surface area contributed by atoms with Crippen LogP contribution in [-0.4, -0.2) is 30.7 Å². The van der Waals surface area contributed by atoms with E-state index in [2.05, 4.69) is 21.7 Å². The number of anilines is 1. The zero-order valence-electron chi connectivity index (χ0n) is 16.2. The molecule has 0 spiro atoms. The van der Waals surface area contributed by atoms with E-state index in [1.54, 1.807) is 4.68 Å². The van der Waals surface area contributed by atoms with Crippen LogP contribution in [0.25, 0.3) is 5.69 Å². The quantitative estimate of drug-likeness (QED) is 0.585. The topological polar surface area (TPSA) is 93.1 Å². The standard InChI is InChI=1S/C21H22N4O3S/c1-4-14-22-29(27,28)19-12-10-17(11-13-19)21(26)23-20-15(2)24-25(16(20)3)18-8-6-5-7-9-18/h4-13,22H,1,14H2,2-3H3,(H,23,26). The number of nitrogens with one attached hydrogen (secondary N) is 2. The van der Waals surface area contributed by atoms with E-state index in [1.807, 2.05) is 44.2 Å². The molecule has 150 valence electrons. The molecule has 29 heavy (non-hydrogen) atoms. The number of benzene rings is 2. The summed E-state index contributed by atoms with van der Waals surface area (Å²) in [5.74, 6) is -0.341. The molecule has 8 heteroatoms. The highest BCUT2D eigenvalue weighted by atomic mass is 32.2. The molecule has 2 aromatic carbocycles. The summed E-state index contributed by atoms with van der Waals surface area (Å²) in [6, 6.07) is 15.4. The van der Waals surface area contributed by atoms with E-state index in [9.17, 15) is 13.2 Å². The SMILES string of the molecule is C=CCNS(=O)(=O)c1ccc(C(=O)Nc2c(C)nn(-c3ccccc3)c2C)cc1. The Bertz CT molecular complexity index is 1130. The average molecular weight is 410 g/mol. The van der Waals surface area contributed by atoms with Gasteiger partial charge in [0, 0.05) is 12.1 Å². The minimum absolute atomic E-state index is 0.0835. The second-order valence-electron chi connectivity index (χ2n) is 6.41. The average Bonchev–Trinajstić information content (AvgIpc) is 3.01. The molecule has 2 N–H and O–H groups in total. The summed E-state index contributed by atoms with van der Waals surface area (Å²) in [4.78, 5) is 12.8. The maximum atomic E-state index is 12.7. The largest absolute Gasteiger partial charge is 0.319 e. The van der Waals surface area contributed by atoms with E-state index in [-0.39, 0.29) is 17.3 Å². The van der Waals surface area contributed by atoms with Crippen LogP contribution in [0.15, 0.2) is 72.1 Å². The smallest absolute Gasteiger partial charge is 0.255 e. The van der Waals surface area contributed by atoms with Crippen LogP contribution in [0.3, 0.4) is 0 Å². The van der Waals surface area contributed by atoms with Crippen molar-refractivity contribution >= 4 is 21.6 Å². The van der Waals surface area contributed by atoms with Crippen LogP contribution in [0.2, 0.25) is 0 Å². The Labute approximate surface area is 170 Å². The van der Waals surface area contributed by atoms with Gasteiger partial charge < -0.3 is 5.32 Å². The summed E-state index contributed by atoms with van der Waals surface area (Å²) in [6.45, 7) is 7.32. The number of aromatic nitrogens is 2. The first-order valence-electron chi connectivity index (χ1n) is 8.97. The molecular formula is C21H22N4O3S. The fourth-order valence-corrected chi connectivity index (χ4v) is 3.87. The van der Waals surface area contributed by atoms with Gasteiger partial charge in [-0.25, -0.2) is 17.8 Å². The molecule has 0 radical (unpaired) electrons. The predicted octanol–water partition coefficient (Wildman–Crippen LogP) is 3.21. The molecule has 0 saturated carbocycles. The number of hydrogen-bond acceptors (Lipinski definition) is 4. The first-order valence-corrected chi connectivity index (χ1v) is 10.5. The lowest BCUT2D eigenvalue weighted by Crippen LogP contribution is -2.23. The van der Waals surface area contributed by atoms with Crippen LogP contribution in [0.1, 0.15) is 21.7 Å². The van der Waals surface area contributed by atoms with E-state index in [4.69, 9.17) is 0 Å². The number of sulfonamides is 1. The number of carbonyl (C=O) groups excluding carboxylic acids is 1. The Balaban J connectivity index is 1.81. The third kappa shape index (κ3) is 4.44. The molecule has 7 nitrogen and oxygen atoms in total. The van der Waals surface area contributed by atoms with E-state index >= 15 is 0 Å². The molecule has 0 aliphatic rings. The van der Waals surface area contributed by atoms with Crippen molar-refractivity contribution in [3.63, 3.8) is 0 Å². The Kier molecular flexibility index (Phi) is 5.95. The van der Waals surface area contributed by atoms with Gasteiger partial charge in [0.2, 0.25) is 10.0 Å². The van der Waals surface area contributed by atoms with Crippen molar-refractivity contribution in [3.05, 3.63) is 84.2 Å². The molecule has 1 aromatic heterocycles. The van der Waals surface area contributed by atoms with Gasteiger partial charge in [0.25, 0.3) is 5.91 Å². The van der Waals surface area contributed by atoms with E-state index < -0.39 is 10.0 Å². The number of aryl methyl sites for hydroxylation is 1. The lowest BCUT2D eigenvalue weighted by Gasteiger charge is -2.08. The van der Waals surface area contributed by atoms with Gasteiger partial charge in [0.05, 0.1) is 27.7 Å². The van der Waals surface area contributed by atoms with E-state index in [0.717, 1.165) is 11.4 Å². The number of rotatable bonds is 7. The summed E-state index contributed by atoms with van der Waals surface area (Å²) < 4.78 is 28.4. The molecule has 1 amide bonds. The summed E-state index contributed by atoms with van der Waals surface area (Å²) in [5.41, 5.74) is 3.36. The maximum absolute atomic E-state index is 12.7. The first kappa shape index (κ1) is 20.5. The van der Waals surface area contributed by atoms with Crippen molar-refractivity contribution in [2.75, 3.05) is 11.9 Å². The van der Waals surface area contributed by atoms with Gasteiger partial charge in [-0.1, -0.05) is 24.3 Å². The van der Waals surface area contributed by atoms with Crippen LogP contribution in [-0.2, 0) is 10.0 Å². The van der Waals surface area contributed by atoms with Crippen molar-refractivity contribution in [3.8, 4) is 5.69 Å². The van der Waals surface area contributed by atoms with Gasteiger partial charge in [0.15, 0.2) is 0 Å². The Morgan fingerprint density at radius 1 is 1.10 bits per heavy atom. The fraction of sp³-hybridized carbons (Fsp3) is 0.143. The molecule has 0 aliphatic carbocycles. The zero-order chi connectivity index (χ0) is 21.0. The highest BCUT2D eigenvalue weighted by Gasteiger charge is 2.17.